The number of rotatable bonds is 4. The van der Waals surface area contributed by atoms with Crippen LogP contribution in [0.25, 0.3) is 0 Å². The first-order valence-electron chi connectivity index (χ1n) is 8.81. The van der Waals surface area contributed by atoms with Crippen LogP contribution >= 0.6 is 0 Å². The highest BCUT2D eigenvalue weighted by Crippen LogP contribution is 2.30. The van der Waals surface area contributed by atoms with Crippen molar-refractivity contribution in [1.29, 1.82) is 0 Å². The molecule has 1 aromatic rings. The zero-order valence-corrected chi connectivity index (χ0v) is 13.5. The molecule has 2 fully saturated rings. The Morgan fingerprint density at radius 1 is 1.09 bits per heavy atom. The second-order valence-corrected chi connectivity index (χ2v) is 7.33. The maximum Gasteiger partial charge on any atom is 0.0774 e. The zero-order chi connectivity index (χ0) is 15.4. The number of piperidine rings is 1. The number of nitrogens with zero attached hydrogens (tertiary/aromatic N) is 1. The monoisotopic (exact) mass is 303 g/mol. The summed E-state index contributed by atoms with van der Waals surface area (Å²) < 4.78 is 0. The molecule has 0 bridgehead atoms. The number of hydrogen-bond acceptors (Lipinski definition) is 3. The number of benzene rings is 1. The molecule has 0 unspecified atom stereocenters. The van der Waals surface area contributed by atoms with E-state index in [4.69, 9.17) is 0 Å². The minimum atomic E-state index is -0.488. The minimum Gasteiger partial charge on any atom is -0.393 e. The highest BCUT2D eigenvalue weighted by atomic mass is 16.3. The summed E-state index contributed by atoms with van der Waals surface area (Å²) in [5, 5.41) is 21.1. The van der Waals surface area contributed by atoms with Crippen LogP contribution in [0.5, 0.6) is 0 Å². The highest BCUT2D eigenvalue weighted by Gasteiger charge is 2.35. The van der Waals surface area contributed by atoms with Crippen molar-refractivity contribution in [2.45, 2.75) is 56.7 Å². The normalized spacial score (nSPS) is 29.4. The summed E-state index contributed by atoms with van der Waals surface area (Å²) in [7, 11) is 0. The molecule has 0 spiro atoms. The summed E-state index contributed by atoms with van der Waals surface area (Å²) in [4.78, 5) is 2.38. The first-order chi connectivity index (χ1) is 10.6. The Morgan fingerprint density at radius 3 is 2.55 bits per heavy atom. The Morgan fingerprint density at radius 2 is 1.82 bits per heavy atom. The van der Waals surface area contributed by atoms with Crippen LogP contribution < -0.4 is 0 Å². The molecule has 1 heterocycles. The Balaban J connectivity index is 1.58. The quantitative estimate of drug-likeness (QED) is 0.898. The topological polar surface area (TPSA) is 43.7 Å². The number of aliphatic hydroxyl groups excluding tert-OH is 1. The van der Waals surface area contributed by atoms with E-state index in [1.807, 2.05) is 6.07 Å². The Bertz CT molecular complexity index is 456. The van der Waals surface area contributed by atoms with E-state index in [9.17, 15) is 10.2 Å². The molecule has 3 nitrogen and oxygen atoms in total. The lowest BCUT2D eigenvalue weighted by Crippen LogP contribution is -2.51. The van der Waals surface area contributed by atoms with E-state index in [2.05, 4.69) is 29.2 Å². The van der Waals surface area contributed by atoms with Gasteiger partial charge in [0.05, 0.1) is 11.7 Å². The zero-order valence-electron chi connectivity index (χ0n) is 13.5. The van der Waals surface area contributed by atoms with Crippen molar-refractivity contribution < 1.29 is 10.2 Å². The van der Waals surface area contributed by atoms with Crippen molar-refractivity contribution in [3.05, 3.63) is 35.9 Å². The predicted octanol–water partition coefficient (Wildman–Crippen LogP) is 2.61. The molecule has 0 radical (unpaired) electrons. The van der Waals surface area contributed by atoms with Crippen molar-refractivity contribution >= 4 is 0 Å². The van der Waals surface area contributed by atoms with Crippen LogP contribution in [0.2, 0.25) is 0 Å². The lowest BCUT2D eigenvalue weighted by atomic mass is 9.83. The smallest absolute Gasteiger partial charge is 0.0774 e. The van der Waals surface area contributed by atoms with Crippen LogP contribution in [0, 0.1) is 5.92 Å². The van der Waals surface area contributed by atoms with E-state index >= 15 is 0 Å². The van der Waals surface area contributed by atoms with Crippen molar-refractivity contribution in [3.63, 3.8) is 0 Å². The third-order valence-corrected chi connectivity index (χ3v) is 5.42. The molecular weight excluding hydrogens is 274 g/mol. The fourth-order valence-corrected chi connectivity index (χ4v) is 4.14. The van der Waals surface area contributed by atoms with Crippen LogP contribution in [0.1, 0.15) is 44.1 Å². The first-order valence-corrected chi connectivity index (χ1v) is 8.81. The molecule has 1 saturated heterocycles. The van der Waals surface area contributed by atoms with Gasteiger partial charge in [0.1, 0.15) is 0 Å². The van der Waals surface area contributed by atoms with Gasteiger partial charge in [0, 0.05) is 25.6 Å². The van der Waals surface area contributed by atoms with Crippen molar-refractivity contribution in [1.82, 2.24) is 4.90 Å². The summed E-state index contributed by atoms with van der Waals surface area (Å²) in [6.45, 7) is 2.60. The van der Waals surface area contributed by atoms with E-state index in [0.29, 0.717) is 0 Å². The van der Waals surface area contributed by atoms with Crippen LogP contribution in [0.3, 0.4) is 0 Å². The van der Waals surface area contributed by atoms with E-state index in [-0.39, 0.29) is 12.0 Å². The van der Waals surface area contributed by atoms with Gasteiger partial charge in [0.25, 0.3) is 0 Å². The molecule has 122 valence electrons. The minimum absolute atomic E-state index is 0.211. The highest BCUT2D eigenvalue weighted by molar-refractivity contribution is 5.15. The maximum absolute atomic E-state index is 10.8. The molecule has 22 heavy (non-hydrogen) atoms. The largest absolute Gasteiger partial charge is 0.393 e. The van der Waals surface area contributed by atoms with E-state index in [1.54, 1.807) is 0 Å². The number of β-amino-alcohol motifs (C(OH)–C–C–N with tert-alkyl or cyclic N) is 1. The molecule has 2 N–H and O–H groups in total. The van der Waals surface area contributed by atoms with Gasteiger partial charge >= 0.3 is 0 Å². The molecule has 1 aliphatic carbocycles. The van der Waals surface area contributed by atoms with Gasteiger partial charge in [-0.1, -0.05) is 49.6 Å². The fraction of sp³-hybridized carbons (Fsp3) is 0.684. The average molecular weight is 303 g/mol. The van der Waals surface area contributed by atoms with Gasteiger partial charge in [0.2, 0.25) is 0 Å². The molecule has 3 heteroatoms. The second kappa shape index (κ2) is 7.12. The Hall–Kier alpha value is -0.900. The number of aliphatic hydroxyl groups is 2. The average Bonchev–Trinajstić information content (AvgIpc) is 2.52. The van der Waals surface area contributed by atoms with Gasteiger partial charge in [-0.15, -0.1) is 0 Å². The SMILES string of the molecule is O[C@@H]1CCN(CC2(O)CCCCC2)C[C@H]1Cc1ccccc1. The molecule has 1 saturated carbocycles. The maximum atomic E-state index is 10.8. The van der Waals surface area contributed by atoms with Crippen LogP contribution in [0.15, 0.2) is 30.3 Å². The third-order valence-electron chi connectivity index (χ3n) is 5.42. The number of hydrogen-bond donors (Lipinski definition) is 2. The molecule has 2 aliphatic rings. The van der Waals surface area contributed by atoms with Gasteiger partial charge in [-0.3, -0.25) is 4.90 Å². The van der Waals surface area contributed by atoms with Crippen LogP contribution in [-0.4, -0.2) is 46.5 Å². The molecule has 1 aromatic carbocycles. The van der Waals surface area contributed by atoms with Crippen molar-refractivity contribution in [2.24, 2.45) is 5.92 Å². The lowest BCUT2D eigenvalue weighted by Gasteiger charge is -2.42. The Kier molecular flexibility index (Phi) is 5.17. The van der Waals surface area contributed by atoms with Crippen molar-refractivity contribution in [3.8, 4) is 0 Å². The Labute approximate surface area is 134 Å². The molecule has 1 aliphatic heterocycles. The van der Waals surface area contributed by atoms with Crippen molar-refractivity contribution in [2.75, 3.05) is 19.6 Å². The lowest BCUT2D eigenvalue weighted by molar-refractivity contribution is -0.0512. The van der Waals surface area contributed by atoms with E-state index in [0.717, 1.165) is 58.2 Å². The fourth-order valence-electron chi connectivity index (χ4n) is 4.14. The third kappa shape index (κ3) is 4.09. The van der Waals surface area contributed by atoms with E-state index < -0.39 is 5.60 Å². The molecule has 0 aromatic heterocycles. The molecular formula is C19H29NO2. The predicted molar refractivity (Wildman–Crippen MR) is 88.7 cm³/mol. The summed E-state index contributed by atoms with van der Waals surface area (Å²) in [5.74, 6) is 0.281. The standard InChI is InChI=1S/C19H29NO2/c21-18-9-12-20(15-19(22)10-5-2-6-11-19)14-17(18)13-16-7-3-1-4-8-16/h1,3-4,7-8,17-18,21-22H,2,5-6,9-15H2/t17-,18-/m1/s1. The molecule has 2 atom stereocenters. The van der Waals surface area contributed by atoms with Crippen LogP contribution in [0.4, 0.5) is 0 Å². The summed E-state index contributed by atoms with van der Waals surface area (Å²) in [6.07, 6.45) is 6.99. The summed E-state index contributed by atoms with van der Waals surface area (Å²) >= 11 is 0. The number of likely N-dealkylation sites (tertiary alicyclic amines) is 1. The van der Waals surface area contributed by atoms with Gasteiger partial charge in [-0.05, 0) is 31.2 Å². The molecule has 0 amide bonds. The molecule has 3 rings (SSSR count). The van der Waals surface area contributed by atoms with Crippen LogP contribution in [-0.2, 0) is 6.42 Å². The van der Waals surface area contributed by atoms with Gasteiger partial charge in [-0.2, -0.15) is 0 Å². The van der Waals surface area contributed by atoms with Gasteiger partial charge in [0.15, 0.2) is 0 Å². The first kappa shape index (κ1) is 16.0. The summed E-state index contributed by atoms with van der Waals surface area (Å²) in [6, 6.07) is 10.4. The van der Waals surface area contributed by atoms with Gasteiger partial charge in [-0.25, -0.2) is 0 Å². The second-order valence-electron chi connectivity index (χ2n) is 7.33. The summed E-state index contributed by atoms with van der Waals surface area (Å²) in [5.41, 5.74) is 0.808. The van der Waals surface area contributed by atoms with E-state index in [1.165, 1.54) is 12.0 Å². The van der Waals surface area contributed by atoms with Gasteiger partial charge < -0.3 is 10.2 Å².